The minimum atomic E-state index is 0.485. The van der Waals surface area contributed by atoms with Gasteiger partial charge in [-0.05, 0) is 12.1 Å². The van der Waals surface area contributed by atoms with E-state index >= 15 is 0 Å². The molecule has 0 bridgehead atoms. The van der Waals surface area contributed by atoms with E-state index in [2.05, 4.69) is 9.97 Å². The molecule has 0 aliphatic heterocycles. The minimum Gasteiger partial charge on any atom is -0.385 e. The van der Waals surface area contributed by atoms with Gasteiger partial charge in [-0.15, -0.1) is 0 Å². The molecule has 0 atom stereocenters. The lowest BCUT2D eigenvalue weighted by Gasteiger charge is -1.91. The fraction of sp³-hybridized carbons (Fsp3) is 0. The van der Waals surface area contributed by atoms with Crippen molar-refractivity contribution in [1.82, 2.24) is 9.97 Å². The quantitative estimate of drug-likeness (QED) is 0.515. The maximum absolute atomic E-state index is 5.57. The van der Waals surface area contributed by atoms with Crippen molar-refractivity contribution in [3.05, 3.63) is 18.3 Å². The summed E-state index contributed by atoms with van der Waals surface area (Å²) in [5.41, 5.74) is 11.9. The van der Waals surface area contributed by atoms with E-state index < -0.39 is 0 Å². The molecular weight excluding hydrogens is 140 g/mol. The first-order valence-electron chi connectivity index (χ1n) is 3.26. The lowest BCUT2D eigenvalue weighted by molar-refractivity contribution is 1.35. The predicted octanol–water partition coefficient (Wildman–Crippen LogP) is 0.727. The molecule has 11 heavy (non-hydrogen) atoms. The van der Waals surface area contributed by atoms with Gasteiger partial charge in [-0.1, -0.05) is 0 Å². The zero-order chi connectivity index (χ0) is 7.84. The van der Waals surface area contributed by atoms with Gasteiger partial charge in [-0.2, -0.15) is 0 Å². The van der Waals surface area contributed by atoms with Crippen LogP contribution in [0.25, 0.3) is 10.9 Å². The van der Waals surface area contributed by atoms with Crippen LogP contribution in [0.5, 0.6) is 0 Å². The normalized spacial score (nSPS) is 10.5. The minimum absolute atomic E-state index is 0.485. The van der Waals surface area contributed by atoms with Gasteiger partial charge in [0.15, 0.2) is 0 Å². The summed E-state index contributed by atoms with van der Waals surface area (Å²) in [6.07, 6.45) is 1.66. The summed E-state index contributed by atoms with van der Waals surface area (Å²) >= 11 is 0. The SMILES string of the molecule is Nc1cc2ccnc(N)c2[nH]1. The molecule has 4 nitrogen and oxygen atoms in total. The van der Waals surface area contributed by atoms with Crippen LogP contribution in [0.2, 0.25) is 0 Å². The summed E-state index contributed by atoms with van der Waals surface area (Å²) in [4.78, 5) is 6.83. The third-order valence-corrected chi connectivity index (χ3v) is 1.59. The van der Waals surface area contributed by atoms with Gasteiger partial charge in [0.25, 0.3) is 0 Å². The molecule has 0 aliphatic carbocycles. The molecule has 0 aromatic carbocycles. The number of H-pyrrole nitrogens is 1. The van der Waals surface area contributed by atoms with Crippen molar-refractivity contribution < 1.29 is 0 Å². The maximum Gasteiger partial charge on any atom is 0.147 e. The van der Waals surface area contributed by atoms with Crippen LogP contribution < -0.4 is 11.5 Å². The molecule has 2 rings (SSSR count). The Morgan fingerprint density at radius 2 is 2.18 bits per heavy atom. The van der Waals surface area contributed by atoms with Crippen LogP contribution in [0.4, 0.5) is 11.6 Å². The van der Waals surface area contributed by atoms with E-state index in [9.17, 15) is 0 Å². The van der Waals surface area contributed by atoms with Gasteiger partial charge in [-0.25, -0.2) is 4.98 Å². The smallest absolute Gasteiger partial charge is 0.147 e. The number of aromatic amines is 1. The first-order chi connectivity index (χ1) is 5.27. The monoisotopic (exact) mass is 148 g/mol. The Kier molecular flexibility index (Phi) is 1.03. The highest BCUT2D eigenvalue weighted by atomic mass is 14.9. The van der Waals surface area contributed by atoms with Crippen LogP contribution in [0.15, 0.2) is 18.3 Å². The number of nitrogens with two attached hydrogens (primary N) is 2. The van der Waals surface area contributed by atoms with Crippen LogP contribution in [-0.2, 0) is 0 Å². The summed E-state index contributed by atoms with van der Waals surface area (Å²) in [5, 5.41) is 0.995. The molecule has 56 valence electrons. The van der Waals surface area contributed by atoms with Gasteiger partial charge in [0.1, 0.15) is 11.6 Å². The van der Waals surface area contributed by atoms with Gasteiger partial charge in [0.2, 0.25) is 0 Å². The van der Waals surface area contributed by atoms with Crippen molar-refractivity contribution >= 4 is 22.5 Å². The van der Waals surface area contributed by atoms with E-state index in [1.54, 1.807) is 6.20 Å². The van der Waals surface area contributed by atoms with Crippen LogP contribution in [-0.4, -0.2) is 9.97 Å². The summed E-state index contributed by atoms with van der Waals surface area (Å²) in [5.74, 6) is 1.10. The number of pyridine rings is 1. The number of nitrogens with zero attached hydrogens (tertiary/aromatic N) is 1. The second kappa shape index (κ2) is 1.88. The van der Waals surface area contributed by atoms with Crippen molar-refractivity contribution in [3.63, 3.8) is 0 Å². The number of nitrogens with one attached hydrogen (secondary N) is 1. The summed E-state index contributed by atoms with van der Waals surface area (Å²) < 4.78 is 0. The van der Waals surface area contributed by atoms with Crippen molar-refractivity contribution in [2.24, 2.45) is 0 Å². The fourth-order valence-corrected chi connectivity index (χ4v) is 1.10. The molecule has 0 fully saturated rings. The van der Waals surface area contributed by atoms with E-state index in [-0.39, 0.29) is 0 Å². The number of fused-ring (bicyclic) bond motifs is 1. The molecule has 4 heteroatoms. The number of aromatic nitrogens is 2. The first kappa shape index (κ1) is 6.03. The Bertz CT molecular complexity index is 390. The molecule has 0 saturated heterocycles. The largest absolute Gasteiger partial charge is 0.385 e. The Hall–Kier alpha value is -1.71. The zero-order valence-corrected chi connectivity index (χ0v) is 5.83. The summed E-state index contributed by atoms with van der Waals surface area (Å²) in [6.45, 7) is 0. The lowest BCUT2D eigenvalue weighted by atomic mass is 10.3. The zero-order valence-electron chi connectivity index (χ0n) is 5.83. The van der Waals surface area contributed by atoms with E-state index in [1.807, 2.05) is 12.1 Å². The van der Waals surface area contributed by atoms with Gasteiger partial charge < -0.3 is 16.5 Å². The number of rotatable bonds is 0. The predicted molar refractivity (Wildman–Crippen MR) is 44.9 cm³/mol. The highest BCUT2D eigenvalue weighted by Gasteiger charge is 2.00. The molecule has 0 saturated carbocycles. The van der Waals surface area contributed by atoms with Gasteiger partial charge in [0.05, 0.1) is 5.52 Å². The van der Waals surface area contributed by atoms with Crippen LogP contribution in [0.3, 0.4) is 0 Å². The van der Waals surface area contributed by atoms with Crippen molar-refractivity contribution in [3.8, 4) is 0 Å². The molecule has 0 radical (unpaired) electrons. The van der Waals surface area contributed by atoms with E-state index in [1.165, 1.54) is 0 Å². The van der Waals surface area contributed by atoms with Crippen molar-refractivity contribution in [2.45, 2.75) is 0 Å². The standard InChI is InChI=1S/C7H8N4/c8-5-3-4-1-2-10-7(9)6(4)11-5/h1-3,11H,8H2,(H2,9,10). The average molecular weight is 148 g/mol. The molecular formula is C7H8N4. The topological polar surface area (TPSA) is 80.7 Å². The number of nitrogen functional groups attached to an aromatic ring is 2. The molecule has 0 aliphatic rings. The number of hydrogen-bond acceptors (Lipinski definition) is 3. The Morgan fingerprint density at radius 3 is 2.91 bits per heavy atom. The number of hydrogen-bond donors (Lipinski definition) is 3. The lowest BCUT2D eigenvalue weighted by Crippen LogP contribution is -1.90. The Labute approximate surface area is 63.2 Å². The van der Waals surface area contributed by atoms with Gasteiger partial charge in [-0.3, -0.25) is 0 Å². The molecule has 2 aromatic rings. The highest BCUT2D eigenvalue weighted by molar-refractivity contribution is 5.90. The van der Waals surface area contributed by atoms with Crippen LogP contribution in [0.1, 0.15) is 0 Å². The summed E-state index contributed by atoms with van der Waals surface area (Å²) in [6, 6.07) is 3.69. The molecule has 0 unspecified atom stereocenters. The van der Waals surface area contributed by atoms with Crippen LogP contribution >= 0.6 is 0 Å². The third kappa shape index (κ3) is 0.797. The molecule has 0 amide bonds. The Morgan fingerprint density at radius 1 is 1.36 bits per heavy atom. The molecule has 2 aromatic heterocycles. The van der Waals surface area contributed by atoms with E-state index in [0.717, 1.165) is 10.9 Å². The van der Waals surface area contributed by atoms with Crippen molar-refractivity contribution in [1.29, 1.82) is 0 Å². The van der Waals surface area contributed by atoms with Crippen molar-refractivity contribution in [2.75, 3.05) is 11.5 Å². The maximum atomic E-state index is 5.57. The first-order valence-corrected chi connectivity index (χ1v) is 3.26. The van der Waals surface area contributed by atoms with Crippen LogP contribution in [0, 0.1) is 0 Å². The third-order valence-electron chi connectivity index (χ3n) is 1.59. The second-order valence-electron chi connectivity index (χ2n) is 2.39. The molecule has 0 spiro atoms. The molecule has 5 N–H and O–H groups in total. The van der Waals surface area contributed by atoms with E-state index in [4.69, 9.17) is 11.5 Å². The van der Waals surface area contributed by atoms with E-state index in [0.29, 0.717) is 11.6 Å². The fourth-order valence-electron chi connectivity index (χ4n) is 1.10. The summed E-state index contributed by atoms with van der Waals surface area (Å²) in [7, 11) is 0. The Balaban J connectivity index is 2.90. The van der Waals surface area contributed by atoms with Gasteiger partial charge >= 0.3 is 0 Å². The molecule has 2 heterocycles. The second-order valence-corrected chi connectivity index (χ2v) is 2.39. The highest BCUT2D eigenvalue weighted by Crippen LogP contribution is 2.19. The number of anilines is 2. The average Bonchev–Trinajstić information content (AvgIpc) is 2.31. The van der Waals surface area contributed by atoms with Gasteiger partial charge in [0, 0.05) is 11.6 Å².